The lowest BCUT2D eigenvalue weighted by molar-refractivity contribution is -0.139. The fraction of sp³-hybridized carbons (Fsp3) is 0.500. The number of hydrogen-bond acceptors (Lipinski definition) is 4. The Labute approximate surface area is 97.9 Å². The molecule has 1 unspecified atom stereocenters. The van der Waals surface area contributed by atoms with Gasteiger partial charge in [0.1, 0.15) is 0 Å². The summed E-state index contributed by atoms with van der Waals surface area (Å²) in [6.45, 7) is 0.684. The molecule has 0 spiro atoms. The van der Waals surface area contributed by atoms with Crippen LogP contribution in [0.3, 0.4) is 0 Å². The van der Waals surface area contributed by atoms with E-state index < -0.39 is 36.7 Å². The van der Waals surface area contributed by atoms with Crippen molar-refractivity contribution in [3.05, 3.63) is 0 Å². The Balaban J connectivity index is 4.74. The molecule has 90 valence electrons. The highest BCUT2D eigenvalue weighted by Crippen LogP contribution is 2.02. The molecule has 6 N–H and O–H groups in total. The second-order valence-electron chi connectivity index (χ2n) is 3.25. The van der Waals surface area contributed by atoms with Crippen LogP contribution >= 0.6 is 12.2 Å². The number of carbonyl (C=O) groups is 3. The van der Waals surface area contributed by atoms with E-state index in [4.69, 9.17) is 17.2 Å². The Bertz CT molecular complexity index is 315. The summed E-state index contributed by atoms with van der Waals surface area (Å²) in [5.41, 5.74) is 15.2. The van der Waals surface area contributed by atoms with Gasteiger partial charge in [-0.1, -0.05) is 12.2 Å². The van der Waals surface area contributed by atoms with Gasteiger partial charge in [-0.3, -0.25) is 14.4 Å². The van der Waals surface area contributed by atoms with Gasteiger partial charge in [-0.25, -0.2) is 0 Å². The average molecular weight is 246 g/mol. The number of thiocarbonyl (C=S) groups is 1. The summed E-state index contributed by atoms with van der Waals surface area (Å²) in [7, 11) is 0. The first-order chi connectivity index (χ1) is 7.25. The van der Waals surface area contributed by atoms with Crippen molar-refractivity contribution < 1.29 is 14.4 Å². The minimum Gasteiger partial charge on any atom is -0.393 e. The first-order valence-corrected chi connectivity index (χ1v) is 4.81. The van der Waals surface area contributed by atoms with E-state index in [0.717, 1.165) is 4.90 Å². The fourth-order valence-corrected chi connectivity index (χ4v) is 1.08. The summed E-state index contributed by atoms with van der Waals surface area (Å²) in [4.78, 5) is 34.0. The van der Waals surface area contributed by atoms with E-state index in [1.165, 1.54) is 6.92 Å². The Morgan fingerprint density at radius 1 is 1.12 bits per heavy atom. The van der Waals surface area contributed by atoms with Crippen molar-refractivity contribution in [2.24, 2.45) is 23.1 Å². The molecule has 0 aliphatic rings. The molecule has 1 atom stereocenters. The third kappa shape index (κ3) is 4.69. The number of rotatable bonds is 6. The molecule has 0 bridgehead atoms. The number of amides is 3. The highest BCUT2D eigenvalue weighted by Gasteiger charge is 2.24. The van der Waals surface area contributed by atoms with E-state index in [-0.39, 0.29) is 4.99 Å². The summed E-state index contributed by atoms with van der Waals surface area (Å²) in [6, 6.07) is 0. The molecule has 3 amide bonds. The van der Waals surface area contributed by atoms with Crippen molar-refractivity contribution in [2.45, 2.75) is 6.92 Å². The maximum Gasteiger partial charge on any atom is 0.237 e. The molecule has 8 heteroatoms. The van der Waals surface area contributed by atoms with E-state index >= 15 is 0 Å². The summed E-state index contributed by atoms with van der Waals surface area (Å²) < 4.78 is 0. The molecule has 0 heterocycles. The van der Waals surface area contributed by atoms with Gasteiger partial charge >= 0.3 is 0 Å². The lowest BCUT2D eigenvalue weighted by Crippen LogP contribution is -2.47. The van der Waals surface area contributed by atoms with Crippen molar-refractivity contribution >= 4 is 34.9 Å². The van der Waals surface area contributed by atoms with Gasteiger partial charge in [0, 0.05) is 0 Å². The highest BCUT2D eigenvalue weighted by molar-refractivity contribution is 7.80. The van der Waals surface area contributed by atoms with E-state index in [2.05, 4.69) is 12.2 Å². The molecule has 0 aliphatic heterocycles. The van der Waals surface area contributed by atoms with E-state index in [1.54, 1.807) is 0 Å². The molecule has 16 heavy (non-hydrogen) atoms. The minimum atomic E-state index is -0.770. The van der Waals surface area contributed by atoms with Crippen LogP contribution in [0.25, 0.3) is 0 Å². The van der Waals surface area contributed by atoms with Gasteiger partial charge in [-0.15, -0.1) is 0 Å². The second kappa shape index (κ2) is 6.01. The van der Waals surface area contributed by atoms with Crippen LogP contribution in [0.1, 0.15) is 6.92 Å². The van der Waals surface area contributed by atoms with Crippen molar-refractivity contribution in [3.63, 3.8) is 0 Å². The number of nitrogens with two attached hydrogens (primary N) is 3. The first-order valence-electron chi connectivity index (χ1n) is 4.40. The normalized spacial score (nSPS) is 11.6. The molecular weight excluding hydrogens is 232 g/mol. The van der Waals surface area contributed by atoms with Crippen LogP contribution in [-0.4, -0.2) is 40.7 Å². The van der Waals surface area contributed by atoms with E-state index in [9.17, 15) is 14.4 Å². The summed E-state index contributed by atoms with van der Waals surface area (Å²) in [5.74, 6) is -2.81. The fourth-order valence-electron chi connectivity index (χ4n) is 0.984. The standard InChI is InChI=1S/C8H14N4O3S/c1-4(7(11)16)8(15)12(2-5(9)13)3-6(10)14/h4H,2-3H2,1H3,(H2,9,13)(H2,10,14)(H2,11,16). The molecule has 0 aromatic rings. The summed E-state index contributed by atoms with van der Waals surface area (Å²) >= 11 is 4.64. The molecule has 0 radical (unpaired) electrons. The lowest BCUT2D eigenvalue weighted by atomic mass is 10.1. The van der Waals surface area contributed by atoms with Crippen LogP contribution in [0, 0.1) is 5.92 Å². The topological polar surface area (TPSA) is 133 Å². The molecule has 0 aliphatic carbocycles. The predicted molar refractivity (Wildman–Crippen MR) is 60.9 cm³/mol. The number of carbonyl (C=O) groups excluding carboxylic acids is 3. The smallest absolute Gasteiger partial charge is 0.237 e. The predicted octanol–water partition coefficient (Wildman–Crippen LogP) is -2.29. The van der Waals surface area contributed by atoms with Gasteiger partial charge in [0.05, 0.1) is 24.0 Å². The Morgan fingerprint density at radius 2 is 1.50 bits per heavy atom. The van der Waals surface area contributed by atoms with Crippen molar-refractivity contribution in [1.29, 1.82) is 0 Å². The number of primary amides is 2. The van der Waals surface area contributed by atoms with Crippen LogP contribution in [0.15, 0.2) is 0 Å². The van der Waals surface area contributed by atoms with Gasteiger partial charge < -0.3 is 22.1 Å². The van der Waals surface area contributed by atoms with Gasteiger partial charge in [0.25, 0.3) is 0 Å². The number of nitrogens with zero attached hydrogens (tertiary/aromatic N) is 1. The molecule has 0 aromatic carbocycles. The zero-order chi connectivity index (χ0) is 12.9. The highest BCUT2D eigenvalue weighted by atomic mass is 32.1. The Kier molecular flexibility index (Phi) is 5.37. The first kappa shape index (κ1) is 14.3. The minimum absolute atomic E-state index is 0.0241. The molecule has 7 nitrogen and oxygen atoms in total. The van der Waals surface area contributed by atoms with Gasteiger partial charge in [0.2, 0.25) is 17.7 Å². The average Bonchev–Trinajstić information content (AvgIpc) is 2.12. The monoisotopic (exact) mass is 246 g/mol. The van der Waals surface area contributed by atoms with Crippen molar-refractivity contribution in [1.82, 2.24) is 4.90 Å². The molecule has 0 fully saturated rings. The second-order valence-corrected chi connectivity index (χ2v) is 3.72. The van der Waals surface area contributed by atoms with E-state index in [1.807, 2.05) is 0 Å². The number of hydrogen-bond donors (Lipinski definition) is 3. The third-order valence-electron chi connectivity index (χ3n) is 1.80. The lowest BCUT2D eigenvalue weighted by Gasteiger charge is -2.22. The third-order valence-corrected chi connectivity index (χ3v) is 2.16. The molecule has 0 aromatic heterocycles. The Hall–Kier alpha value is -1.70. The zero-order valence-electron chi connectivity index (χ0n) is 8.80. The van der Waals surface area contributed by atoms with Crippen LogP contribution in [-0.2, 0) is 14.4 Å². The van der Waals surface area contributed by atoms with Crippen molar-refractivity contribution in [3.8, 4) is 0 Å². The van der Waals surface area contributed by atoms with Gasteiger partial charge in [0.15, 0.2) is 0 Å². The van der Waals surface area contributed by atoms with Gasteiger partial charge in [-0.05, 0) is 6.92 Å². The maximum atomic E-state index is 11.7. The van der Waals surface area contributed by atoms with Crippen LogP contribution in [0.4, 0.5) is 0 Å². The van der Waals surface area contributed by atoms with Crippen LogP contribution in [0.5, 0.6) is 0 Å². The summed E-state index contributed by atoms with van der Waals surface area (Å²) in [6.07, 6.45) is 0. The maximum absolute atomic E-state index is 11.7. The van der Waals surface area contributed by atoms with Gasteiger partial charge in [-0.2, -0.15) is 0 Å². The SMILES string of the molecule is CC(C(=O)N(CC(N)=O)CC(N)=O)C(N)=S. The van der Waals surface area contributed by atoms with Crippen molar-refractivity contribution in [2.75, 3.05) is 13.1 Å². The molecule has 0 saturated heterocycles. The molecule has 0 saturated carbocycles. The summed E-state index contributed by atoms with van der Waals surface area (Å²) in [5, 5.41) is 0. The van der Waals surface area contributed by atoms with Crippen LogP contribution < -0.4 is 17.2 Å². The van der Waals surface area contributed by atoms with E-state index in [0.29, 0.717) is 0 Å². The Morgan fingerprint density at radius 3 is 1.75 bits per heavy atom. The zero-order valence-corrected chi connectivity index (χ0v) is 9.62. The largest absolute Gasteiger partial charge is 0.393 e. The quantitative estimate of drug-likeness (QED) is 0.454. The van der Waals surface area contributed by atoms with Crippen LogP contribution in [0.2, 0.25) is 0 Å². The molecule has 0 rings (SSSR count). The molecular formula is C8H14N4O3S.